The quantitative estimate of drug-likeness (QED) is 0.724. The zero-order chi connectivity index (χ0) is 11.6. The normalized spacial score (nSPS) is 10.3. The lowest BCUT2D eigenvalue weighted by Gasteiger charge is -2.15. The highest BCUT2D eigenvalue weighted by Gasteiger charge is 1.97. The summed E-state index contributed by atoms with van der Waals surface area (Å²) in [5.41, 5.74) is 6.68. The molecule has 0 aliphatic heterocycles. The molecule has 0 saturated heterocycles. The number of likely N-dealkylation sites (N-methyl/N-ethyl adjacent to an activating group) is 1. The molecule has 0 amide bonds. The zero-order valence-electron chi connectivity index (χ0n) is 10.5. The molecule has 0 aliphatic rings. The minimum Gasteiger partial charge on any atom is -0.375 e. The maximum Gasteiger partial charge on any atom is 0.0717 e. The number of hydrogen-bond acceptors (Lipinski definition) is 3. The monoisotopic (exact) mass is 258 g/mol. The van der Waals surface area contributed by atoms with Gasteiger partial charge in [0.1, 0.15) is 0 Å². The first-order valence-electron chi connectivity index (χ1n) is 5.83. The predicted octanol–water partition coefficient (Wildman–Crippen LogP) is 1.91. The van der Waals surface area contributed by atoms with Crippen LogP contribution in [0.4, 0.5) is 0 Å². The van der Waals surface area contributed by atoms with Gasteiger partial charge in [-0.25, -0.2) is 0 Å². The number of nitrogens with zero attached hydrogens (tertiary/aromatic N) is 1. The minimum absolute atomic E-state index is 0. The van der Waals surface area contributed by atoms with Crippen molar-refractivity contribution in [2.45, 2.75) is 13.0 Å². The Morgan fingerprint density at radius 1 is 1.18 bits per heavy atom. The lowest BCUT2D eigenvalue weighted by molar-refractivity contribution is 0.0995. The smallest absolute Gasteiger partial charge is 0.0717 e. The Balaban J connectivity index is 0.00000256. The number of ether oxygens (including phenoxy) is 1. The Morgan fingerprint density at radius 3 is 2.53 bits per heavy atom. The van der Waals surface area contributed by atoms with Gasteiger partial charge in [0.25, 0.3) is 0 Å². The van der Waals surface area contributed by atoms with E-state index in [-0.39, 0.29) is 12.4 Å². The molecule has 1 aromatic carbocycles. The van der Waals surface area contributed by atoms with Crippen LogP contribution in [0.1, 0.15) is 12.0 Å². The van der Waals surface area contributed by atoms with E-state index in [1.54, 1.807) is 0 Å². The summed E-state index contributed by atoms with van der Waals surface area (Å²) >= 11 is 0. The van der Waals surface area contributed by atoms with Crippen molar-refractivity contribution in [1.29, 1.82) is 0 Å². The van der Waals surface area contributed by atoms with Crippen molar-refractivity contribution in [2.75, 3.05) is 33.3 Å². The molecule has 17 heavy (non-hydrogen) atoms. The van der Waals surface area contributed by atoms with Gasteiger partial charge in [-0.2, -0.15) is 0 Å². The van der Waals surface area contributed by atoms with E-state index in [1.165, 1.54) is 5.56 Å². The van der Waals surface area contributed by atoms with E-state index < -0.39 is 0 Å². The summed E-state index contributed by atoms with van der Waals surface area (Å²) < 4.78 is 5.60. The van der Waals surface area contributed by atoms with E-state index in [0.717, 1.165) is 32.7 Å². The van der Waals surface area contributed by atoms with Crippen LogP contribution in [0.25, 0.3) is 0 Å². The second kappa shape index (κ2) is 10.5. The third-order valence-electron chi connectivity index (χ3n) is 2.47. The first-order chi connectivity index (χ1) is 7.83. The van der Waals surface area contributed by atoms with Crippen molar-refractivity contribution in [2.24, 2.45) is 5.73 Å². The molecule has 0 unspecified atom stereocenters. The summed E-state index contributed by atoms with van der Waals surface area (Å²) in [5.74, 6) is 0. The molecular formula is C13H23ClN2O. The number of nitrogens with two attached hydrogens (primary N) is 1. The molecule has 0 atom stereocenters. The van der Waals surface area contributed by atoms with E-state index in [4.69, 9.17) is 10.5 Å². The average molecular weight is 259 g/mol. The van der Waals surface area contributed by atoms with Crippen LogP contribution >= 0.6 is 12.4 Å². The fourth-order valence-corrected chi connectivity index (χ4v) is 1.46. The molecule has 2 N–H and O–H groups in total. The van der Waals surface area contributed by atoms with Crippen LogP contribution in [-0.2, 0) is 11.3 Å². The Bertz CT molecular complexity index is 269. The van der Waals surface area contributed by atoms with Crippen molar-refractivity contribution in [1.82, 2.24) is 4.90 Å². The van der Waals surface area contributed by atoms with Crippen molar-refractivity contribution in [3.63, 3.8) is 0 Å². The third kappa shape index (κ3) is 8.16. The highest BCUT2D eigenvalue weighted by atomic mass is 35.5. The van der Waals surface area contributed by atoms with Gasteiger partial charge in [-0.1, -0.05) is 30.3 Å². The van der Waals surface area contributed by atoms with Gasteiger partial charge in [0.05, 0.1) is 13.2 Å². The number of halogens is 1. The first-order valence-corrected chi connectivity index (χ1v) is 5.83. The molecule has 0 saturated carbocycles. The summed E-state index contributed by atoms with van der Waals surface area (Å²) in [6, 6.07) is 10.2. The Morgan fingerprint density at radius 2 is 1.88 bits per heavy atom. The second-order valence-electron chi connectivity index (χ2n) is 3.98. The van der Waals surface area contributed by atoms with Crippen LogP contribution in [0.2, 0.25) is 0 Å². The van der Waals surface area contributed by atoms with E-state index in [1.807, 2.05) is 18.2 Å². The number of hydrogen-bond donors (Lipinski definition) is 1. The molecule has 0 aliphatic carbocycles. The summed E-state index contributed by atoms with van der Waals surface area (Å²) in [6.07, 6.45) is 1.05. The number of rotatable bonds is 8. The van der Waals surface area contributed by atoms with Gasteiger partial charge in [0, 0.05) is 6.54 Å². The molecular weight excluding hydrogens is 236 g/mol. The molecule has 0 bridgehead atoms. The molecule has 0 aromatic heterocycles. The summed E-state index contributed by atoms with van der Waals surface area (Å²) in [7, 11) is 2.10. The molecule has 1 aromatic rings. The van der Waals surface area contributed by atoms with Gasteiger partial charge in [-0.05, 0) is 32.1 Å². The van der Waals surface area contributed by atoms with Crippen LogP contribution < -0.4 is 5.73 Å². The largest absolute Gasteiger partial charge is 0.375 e. The fraction of sp³-hybridized carbons (Fsp3) is 0.538. The maximum atomic E-state index is 5.60. The molecule has 0 heterocycles. The van der Waals surface area contributed by atoms with Gasteiger partial charge >= 0.3 is 0 Å². The molecule has 0 fully saturated rings. The maximum absolute atomic E-state index is 5.60. The lowest BCUT2D eigenvalue weighted by Crippen LogP contribution is -2.25. The minimum atomic E-state index is 0. The molecule has 98 valence electrons. The van der Waals surface area contributed by atoms with Gasteiger partial charge in [-0.15, -0.1) is 12.4 Å². The Kier molecular flexibility index (Phi) is 10.2. The van der Waals surface area contributed by atoms with Crippen LogP contribution in [0.3, 0.4) is 0 Å². The zero-order valence-corrected chi connectivity index (χ0v) is 11.3. The third-order valence-corrected chi connectivity index (χ3v) is 2.47. The molecule has 4 heteroatoms. The topological polar surface area (TPSA) is 38.5 Å². The van der Waals surface area contributed by atoms with Crippen LogP contribution in [0, 0.1) is 0 Å². The number of benzene rings is 1. The van der Waals surface area contributed by atoms with E-state index >= 15 is 0 Å². The van der Waals surface area contributed by atoms with Crippen molar-refractivity contribution < 1.29 is 4.74 Å². The van der Waals surface area contributed by atoms with E-state index in [0.29, 0.717) is 6.61 Å². The summed E-state index contributed by atoms with van der Waals surface area (Å²) in [4.78, 5) is 2.25. The highest BCUT2D eigenvalue weighted by molar-refractivity contribution is 5.85. The lowest BCUT2D eigenvalue weighted by atomic mass is 10.2. The van der Waals surface area contributed by atoms with Crippen LogP contribution in [0.5, 0.6) is 0 Å². The SMILES string of the molecule is CN(CCCN)CCOCc1ccccc1.Cl. The van der Waals surface area contributed by atoms with Gasteiger partial charge in [-0.3, -0.25) is 0 Å². The van der Waals surface area contributed by atoms with Crippen molar-refractivity contribution in [3.05, 3.63) is 35.9 Å². The van der Waals surface area contributed by atoms with Gasteiger partial charge in [0.2, 0.25) is 0 Å². The standard InChI is InChI=1S/C13H22N2O.ClH/c1-15(9-5-8-14)10-11-16-12-13-6-3-2-4-7-13;/h2-4,6-7H,5,8-12,14H2,1H3;1H. The van der Waals surface area contributed by atoms with Crippen molar-refractivity contribution >= 4 is 12.4 Å². The van der Waals surface area contributed by atoms with Crippen molar-refractivity contribution in [3.8, 4) is 0 Å². The van der Waals surface area contributed by atoms with E-state index in [2.05, 4.69) is 24.1 Å². The average Bonchev–Trinajstić information content (AvgIpc) is 2.33. The molecule has 1 rings (SSSR count). The predicted molar refractivity (Wildman–Crippen MR) is 74.5 cm³/mol. The van der Waals surface area contributed by atoms with Crippen LogP contribution in [-0.4, -0.2) is 38.2 Å². The Hall–Kier alpha value is -0.610. The van der Waals surface area contributed by atoms with E-state index in [9.17, 15) is 0 Å². The van der Waals surface area contributed by atoms with Gasteiger partial charge in [0.15, 0.2) is 0 Å². The second-order valence-corrected chi connectivity index (χ2v) is 3.98. The summed E-state index contributed by atoms with van der Waals surface area (Å²) in [6.45, 7) is 4.24. The van der Waals surface area contributed by atoms with Crippen LogP contribution in [0.15, 0.2) is 30.3 Å². The first kappa shape index (κ1) is 16.4. The molecule has 3 nitrogen and oxygen atoms in total. The van der Waals surface area contributed by atoms with Gasteiger partial charge < -0.3 is 15.4 Å². The highest BCUT2D eigenvalue weighted by Crippen LogP contribution is 2.00. The Labute approximate surface area is 110 Å². The fourth-order valence-electron chi connectivity index (χ4n) is 1.46. The molecule has 0 spiro atoms. The molecule has 0 radical (unpaired) electrons. The summed E-state index contributed by atoms with van der Waals surface area (Å²) in [5, 5.41) is 0.